The normalized spacial score (nSPS) is 15.1. The molecule has 0 bridgehead atoms. The number of carbonyl (C=O) groups excluding carboxylic acids is 1. The van der Waals surface area contributed by atoms with Crippen molar-refractivity contribution in [2.45, 2.75) is 58.1 Å². The fourth-order valence-electron chi connectivity index (χ4n) is 3.24. The second-order valence-corrected chi connectivity index (χ2v) is 11.8. The minimum absolute atomic E-state index is 0.233. The lowest BCUT2D eigenvalue weighted by Gasteiger charge is -2.30. The number of aryl methyl sites for hydroxylation is 1. The van der Waals surface area contributed by atoms with Gasteiger partial charge in [0.25, 0.3) is 0 Å². The molecule has 2 aromatic rings. The van der Waals surface area contributed by atoms with Crippen molar-refractivity contribution in [2.75, 3.05) is 11.4 Å². The van der Waals surface area contributed by atoms with Crippen LogP contribution in [0, 0.1) is 0 Å². The lowest BCUT2D eigenvalue weighted by atomic mass is 9.96. The number of amides is 2. The molecule has 0 saturated heterocycles. The Hall–Kier alpha value is -2.25. The highest BCUT2D eigenvalue weighted by Gasteiger charge is 2.26. The topological polar surface area (TPSA) is 81.3 Å². The molecule has 3 rings (SSSR count). The van der Waals surface area contributed by atoms with E-state index in [9.17, 15) is 4.79 Å². The number of rotatable bonds is 4. The quantitative estimate of drug-likeness (QED) is 0.799. The molecule has 2 amide bonds. The molecule has 0 fully saturated rings. The highest BCUT2D eigenvalue weighted by molar-refractivity contribution is 6.31. The Balaban J connectivity index is 1.89. The van der Waals surface area contributed by atoms with Gasteiger partial charge in [0.15, 0.2) is 9.76 Å². The zero-order chi connectivity index (χ0) is 20.5. The van der Waals surface area contributed by atoms with Crippen LogP contribution in [-0.4, -0.2) is 32.3 Å². The van der Waals surface area contributed by atoms with E-state index in [-0.39, 0.29) is 10.6 Å². The number of urea groups is 1. The van der Waals surface area contributed by atoms with E-state index >= 15 is 0 Å². The largest absolute Gasteiger partial charge is 0.414 e. The van der Waals surface area contributed by atoms with Gasteiger partial charge in [0, 0.05) is 41.8 Å². The van der Waals surface area contributed by atoms with E-state index in [4.69, 9.17) is 10.2 Å². The third-order valence-corrected chi connectivity index (χ3v) is 6.66. The summed E-state index contributed by atoms with van der Waals surface area (Å²) in [5.41, 5.74) is 9.19. The van der Waals surface area contributed by atoms with Gasteiger partial charge >= 0.3 is 6.03 Å². The van der Waals surface area contributed by atoms with Crippen molar-refractivity contribution in [3.05, 3.63) is 41.9 Å². The number of pyridine rings is 2. The van der Waals surface area contributed by atoms with E-state index in [2.05, 4.69) is 56.7 Å². The van der Waals surface area contributed by atoms with Gasteiger partial charge in [-0.15, -0.1) is 0 Å². The van der Waals surface area contributed by atoms with Gasteiger partial charge in [-0.1, -0.05) is 20.8 Å². The Morgan fingerprint density at radius 1 is 1.14 bits per heavy atom. The van der Waals surface area contributed by atoms with Crippen LogP contribution >= 0.6 is 0 Å². The first-order valence-corrected chi connectivity index (χ1v) is 11.0. The van der Waals surface area contributed by atoms with Crippen molar-refractivity contribution in [3.8, 4) is 11.1 Å². The van der Waals surface area contributed by atoms with Crippen molar-refractivity contribution >= 4 is 21.6 Å². The smallest absolute Gasteiger partial charge is 0.320 e. The number of primary amides is 1. The zero-order valence-electron chi connectivity index (χ0n) is 17.5. The maximum Gasteiger partial charge on any atom is 0.320 e. The molecule has 2 aromatic heterocycles. The molecule has 0 saturated carbocycles. The molecule has 7 heteroatoms. The summed E-state index contributed by atoms with van der Waals surface area (Å²) in [6.45, 7) is 11.5. The maximum absolute atomic E-state index is 11.6. The van der Waals surface area contributed by atoms with Crippen LogP contribution in [0.15, 0.2) is 30.7 Å². The van der Waals surface area contributed by atoms with Gasteiger partial charge in [-0.05, 0) is 49.4 Å². The molecule has 6 nitrogen and oxygen atoms in total. The van der Waals surface area contributed by atoms with Crippen molar-refractivity contribution in [2.24, 2.45) is 5.73 Å². The fraction of sp³-hybridized carbons (Fsp3) is 0.476. The van der Waals surface area contributed by atoms with Crippen LogP contribution in [0.1, 0.15) is 52.2 Å². The number of hydrogen-bond donors (Lipinski definition) is 1. The average Bonchev–Trinajstić information content (AvgIpc) is 2.65. The SMILES string of the molecule is CC(C)(C)[SiH2]OC(C)(C)c1cncc(-c2cnc3c(c2)CCCN3C(N)=O)c1. The van der Waals surface area contributed by atoms with E-state index in [0.717, 1.165) is 35.1 Å². The number of carbonyl (C=O) groups is 1. The van der Waals surface area contributed by atoms with Crippen LogP contribution in [-0.2, 0) is 16.4 Å². The molecule has 28 heavy (non-hydrogen) atoms. The molecule has 3 heterocycles. The second kappa shape index (κ2) is 7.64. The third-order valence-electron chi connectivity index (χ3n) is 4.93. The van der Waals surface area contributed by atoms with Crippen molar-refractivity contribution in [1.82, 2.24) is 9.97 Å². The Morgan fingerprint density at radius 2 is 1.86 bits per heavy atom. The van der Waals surface area contributed by atoms with E-state index in [1.165, 1.54) is 0 Å². The fourth-order valence-corrected chi connectivity index (χ4v) is 4.20. The van der Waals surface area contributed by atoms with Gasteiger partial charge in [-0.2, -0.15) is 0 Å². The number of aromatic nitrogens is 2. The van der Waals surface area contributed by atoms with E-state index < -0.39 is 15.8 Å². The average molecular weight is 399 g/mol. The zero-order valence-corrected chi connectivity index (χ0v) is 18.9. The lowest BCUT2D eigenvalue weighted by molar-refractivity contribution is 0.109. The first kappa shape index (κ1) is 20.5. The third kappa shape index (κ3) is 4.59. The number of fused-ring (bicyclic) bond motifs is 1. The Kier molecular flexibility index (Phi) is 5.59. The van der Waals surface area contributed by atoms with Crippen LogP contribution in [0.3, 0.4) is 0 Å². The second-order valence-electron chi connectivity index (χ2n) is 9.12. The van der Waals surface area contributed by atoms with Crippen LogP contribution in [0.2, 0.25) is 5.04 Å². The van der Waals surface area contributed by atoms with Gasteiger partial charge in [0.05, 0.1) is 5.60 Å². The number of nitrogens with zero attached hydrogens (tertiary/aromatic N) is 3. The summed E-state index contributed by atoms with van der Waals surface area (Å²) in [4.78, 5) is 22.2. The van der Waals surface area contributed by atoms with E-state index in [1.807, 2.05) is 12.4 Å². The van der Waals surface area contributed by atoms with Crippen molar-refractivity contribution < 1.29 is 9.22 Å². The van der Waals surface area contributed by atoms with Gasteiger partial charge in [-0.25, -0.2) is 9.78 Å². The van der Waals surface area contributed by atoms with E-state index in [1.54, 1.807) is 11.1 Å². The van der Waals surface area contributed by atoms with Crippen LogP contribution in [0.5, 0.6) is 0 Å². The van der Waals surface area contributed by atoms with Crippen LogP contribution < -0.4 is 10.6 Å². The molecule has 1 aliphatic heterocycles. The summed E-state index contributed by atoms with van der Waals surface area (Å²) >= 11 is 0. The highest BCUT2D eigenvalue weighted by Crippen LogP contribution is 2.33. The Morgan fingerprint density at radius 3 is 2.54 bits per heavy atom. The molecular formula is C21H30N4O2Si. The summed E-state index contributed by atoms with van der Waals surface area (Å²) in [6.07, 6.45) is 7.29. The maximum atomic E-state index is 11.6. The van der Waals surface area contributed by atoms with E-state index in [0.29, 0.717) is 12.4 Å². The highest BCUT2D eigenvalue weighted by atomic mass is 28.2. The molecular weight excluding hydrogens is 368 g/mol. The first-order valence-electron chi connectivity index (χ1n) is 9.73. The van der Waals surface area contributed by atoms with Crippen molar-refractivity contribution in [1.29, 1.82) is 0 Å². The molecule has 0 aromatic carbocycles. The van der Waals surface area contributed by atoms with Crippen LogP contribution in [0.4, 0.5) is 10.6 Å². The number of hydrogen-bond acceptors (Lipinski definition) is 4. The van der Waals surface area contributed by atoms with Gasteiger partial charge in [0.2, 0.25) is 0 Å². The lowest BCUT2D eigenvalue weighted by Crippen LogP contribution is -2.40. The molecule has 0 atom stereocenters. The predicted molar refractivity (Wildman–Crippen MR) is 115 cm³/mol. The van der Waals surface area contributed by atoms with Gasteiger partial charge in [-0.3, -0.25) is 9.88 Å². The Bertz CT molecular complexity index is 877. The Labute approximate surface area is 169 Å². The first-order chi connectivity index (χ1) is 13.1. The molecule has 2 N–H and O–H groups in total. The molecule has 0 radical (unpaired) electrons. The summed E-state index contributed by atoms with van der Waals surface area (Å²) in [6, 6.07) is 3.77. The minimum Gasteiger partial charge on any atom is -0.414 e. The molecule has 1 aliphatic rings. The van der Waals surface area contributed by atoms with Gasteiger partial charge < -0.3 is 10.2 Å². The van der Waals surface area contributed by atoms with Crippen LogP contribution in [0.25, 0.3) is 11.1 Å². The molecule has 0 spiro atoms. The summed E-state index contributed by atoms with van der Waals surface area (Å²) < 4.78 is 6.33. The molecule has 0 unspecified atom stereocenters. The summed E-state index contributed by atoms with van der Waals surface area (Å²) in [7, 11) is -0.688. The predicted octanol–water partition coefficient (Wildman–Crippen LogP) is 3.53. The minimum atomic E-state index is -0.688. The number of nitrogens with two attached hydrogens (primary N) is 1. The van der Waals surface area contributed by atoms with Gasteiger partial charge in [0.1, 0.15) is 5.82 Å². The monoisotopic (exact) mass is 398 g/mol. The number of anilines is 1. The molecule has 150 valence electrons. The standard InChI is InChI=1S/C21H30N4O2Si/c1-20(2,3)28-27-21(4,5)17-10-16(11-23-13-17)15-9-14-7-6-8-25(19(22)26)18(14)24-12-15/h9-13H,6-8,28H2,1-5H3,(H2,22,26). The summed E-state index contributed by atoms with van der Waals surface area (Å²) in [5.74, 6) is 0.673. The summed E-state index contributed by atoms with van der Waals surface area (Å²) in [5, 5.41) is 0.233. The van der Waals surface area contributed by atoms with Crippen molar-refractivity contribution in [3.63, 3.8) is 0 Å². The molecule has 0 aliphatic carbocycles.